The highest BCUT2D eigenvalue weighted by Gasteiger charge is 2.17. The number of aromatic carboxylic acids is 1. The fraction of sp³-hybridized carbons (Fsp3) is 0.108. The van der Waals surface area contributed by atoms with Gasteiger partial charge in [0.25, 0.3) is 5.91 Å². The van der Waals surface area contributed by atoms with Crippen molar-refractivity contribution in [2.75, 3.05) is 13.7 Å². The monoisotopic (exact) mass is 785 g/mol. The second-order valence-corrected chi connectivity index (χ2v) is 12.7. The number of nitrogens with zero attached hydrogens (tertiary/aromatic N) is 2. The van der Waals surface area contributed by atoms with Gasteiger partial charge in [0.2, 0.25) is 10.9 Å². The second-order valence-electron chi connectivity index (χ2n) is 10.9. The van der Waals surface area contributed by atoms with Crippen molar-refractivity contribution >= 4 is 71.5 Å². The third-order valence-corrected chi connectivity index (χ3v) is 8.56. The molecule has 4 aromatic carbocycles. The molecule has 2 aromatic heterocycles. The molecule has 0 bridgehead atoms. The van der Waals surface area contributed by atoms with E-state index in [1.165, 1.54) is 19.5 Å². The minimum Gasteiger partial charge on any atom is -0.477 e. The zero-order chi connectivity index (χ0) is 35.1. The summed E-state index contributed by atoms with van der Waals surface area (Å²) in [5, 5.41) is 12.5. The molecule has 0 unspecified atom stereocenters. The van der Waals surface area contributed by atoms with Crippen molar-refractivity contribution in [2.45, 2.75) is 13.1 Å². The smallest absolute Gasteiger partial charge is 0.341 e. The van der Waals surface area contributed by atoms with E-state index in [2.05, 4.69) is 41.9 Å². The molecular formula is C37H29Br2N3O7. The molecule has 0 atom stereocenters. The van der Waals surface area contributed by atoms with E-state index in [9.17, 15) is 29.1 Å². The number of carbonyl (C=O) groups is 3. The summed E-state index contributed by atoms with van der Waals surface area (Å²) in [4.78, 5) is 60.2. The molecule has 10 nitrogen and oxygen atoms in total. The van der Waals surface area contributed by atoms with Gasteiger partial charge in [-0.25, -0.2) is 4.79 Å². The number of rotatable bonds is 8. The number of fused-ring (bicyclic) bond motifs is 2. The van der Waals surface area contributed by atoms with E-state index in [-0.39, 0.29) is 17.7 Å². The zero-order valence-corrected chi connectivity index (χ0v) is 29.2. The molecule has 6 rings (SSSR count). The maximum Gasteiger partial charge on any atom is 0.341 e. The Morgan fingerprint density at radius 2 is 1.14 bits per heavy atom. The van der Waals surface area contributed by atoms with Gasteiger partial charge in [0.1, 0.15) is 17.7 Å². The standard InChI is InChI=1S/C20H17BrN2O4.C17H12BrNO3/c1-27-18(24)10-22-20(26)16-12-23(11-13-5-3-2-4-6-13)17-8-7-14(21)9-15(17)19(16)25;18-12-6-7-15-13(8-12)16(20)14(17(21)22)10-19(15)9-11-4-2-1-3-5-11/h2-9,12H,10-11H2,1H3,(H,22,26);1-8,10H,9H2,(H,21,22). The molecular weight excluding hydrogens is 758 g/mol. The van der Waals surface area contributed by atoms with E-state index in [0.29, 0.717) is 29.4 Å². The molecule has 0 aliphatic heterocycles. The van der Waals surface area contributed by atoms with Gasteiger partial charge in [0.05, 0.1) is 18.1 Å². The first-order valence-corrected chi connectivity index (χ1v) is 16.5. The number of hydrogen-bond acceptors (Lipinski definition) is 6. The number of carboxylic acids is 1. The molecule has 0 radical (unpaired) electrons. The van der Waals surface area contributed by atoms with Crippen LogP contribution in [0.2, 0.25) is 0 Å². The second kappa shape index (κ2) is 15.7. The van der Waals surface area contributed by atoms with E-state index in [0.717, 1.165) is 25.6 Å². The molecule has 12 heteroatoms. The minimum absolute atomic E-state index is 0.0274. The van der Waals surface area contributed by atoms with Gasteiger partial charge in [0.15, 0.2) is 0 Å². The molecule has 2 N–H and O–H groups in total. The summed E-state index contributed by atoms with van der Waals surface area (Å²) < 4.78 is 9.64. The summed E-state index contributed by atoms with van der Waals surface area (Å²) in [6.45, 7) is 0.694. The average molecular weight is 787 g/mol. The molecule has 49 heavy (non-hydrogen) atoms. The molecule has 0 saturated carbocycles. The number of esters is 1. The van der Waals surface area contributed by atoms with Gasteiger partial charge in [-0.1, -0.05) is 92.5 Å². The summed E-state index contributed by atoms with van der Waals surface area (Å²) in [5.74, 6) is -2.42. The highest BCUT2D eigenvalue weighted by Crippen LogP contribution is 2.21. The van der Waals surface area contributed by atoms with Gasteiger partial charge in [-0.2, -0.15) is 0 Å². The summed E-state index contributed by atoms with van der Waals surface area (Å²) in [6, 6.07) is 30.1. The van der Waals surface area contributed by atoms with Crippen LogP contribution in [0.5, 0.6) is 0 Å². The van der Waals surface area contributed by atoms with Crippen molar-refractivity contribution in [1.82, 2.24) is 14.5 Å². The van der Waals surface area contributed by atoms with Crippen molar-refractivity contribution in [3.05, 3.63) is 161 Å². The summed E-state index contributed by atoms with van der Waals surface area (Å²) in [5.41, 5.74) is 2.39. The van der Waals surface area contributed by atoms with Crippen LogP contribution >= 0.6 is 31.9 Å². The Morgan fingerprint density at radius 3 is 1.59 bits per heavy atom. The molecule has 6 aromatic rings. The lowest BCUT2D eigenvalue weighted by Crippen LogP contribution is -2.34. The summed E-state index contributed by atoms with van der Waals surface area (Å²) in [6.07, 6.45) is 2.94. The Kier molecular flexibility index (Phi) is 11.2. The number of aromatic nitrogens is 2. The summed E-state index contributed by atoms with van der Waals surface area (Å²) >= 11 is 6.69. The predicted molar refractivity (Wildman–Crippen MR) is 194 cm³/mol. The van der Waals surface area contributed by atoms with Crippen molar-refractivity contribution in [3.63, 3.8) is 0 Å². The number of hydrogen-bond donors (Lipinski definition) is 2. The first-order chi connectivity index (χ1) is 23.5. The third kappa shape index (κ3) is 8.40. The average Bonchev–Trinajstić information content (AvgIpc) is 3.10. The van der Waals surface area contributed by atoms with E-state index < -0.39 is 28.7 Å². The third-order valence-electron chi connectivity index (χ3n) is 7.57. The molecule has 0 fully saturated rings. The minimum atomic E-state index is -1.21. The molecule has 0 aliphatic carbocycles. The van der Waals surface area contributed by atoms with E-state index >= 15 is 0 Å². The van der Waals surface area contributed by atoms with Crippen molar-refractivity contribution in [3.8, 4) is 0 Å². The molecule has 0 aliphatic rings. The van der Waals surface area contributed by atoms with Crippen LogP contribution in [0.3, 0.4) is 0 Å². The molecule has 1 amide bonds. The number of nitrogens with one attached hydrogen (secondary N) is 1. The fourth-order valence-corrected chi connectivity index (χ4v) is 5.92. The quantitative estimate of drug-likeness (QED) is 0.175. The highest BCUT2D eigenvalue weighted by atomic mass is 79.9. The Labute approximate surface area is 296 Å². The molecule has 2 heterocycles. The van der Waals surface area contributed by atoms with Crippen LogP contribution in [0.15, 0.2) is 128 Å². The zero-order valence-electron chi connectivity index (χ0n) is 26.1. The predicted octanol–water partition coefficient (Wildman–Crippen LogP) is 6.23. The van der Waals surface area contributed by atoms with E-state index in [1.54, 1.807) is 16.7 Å². The first kappa shape index (κ1) is 35.0. The lowest BCUT2D eigenvalue weighted by atomic mass is 10.1. The van der Waals surface area contributed by atoms with Gasteiger partial charge in [-0.15, -0.1) is 0 Å². The topological polar surface area (TPSA) is 137 Å². The van der Waals surface area contributed by atoms with E-state index in [1.807, 2.05) is 89.5 Å². The van der Waals surface area contributed by atoms with Crippen LogP contribution < -0.4 is 16.2 Å². The molecule has 248 valence electrons. The maximum absolute atomic E-state index is 12.8. The van der Waals surface area contributed by atoms with Crippen LogP contribution in [0.1, 0.15) is 31.8 Å². The van der Waals surface area contributed by atoms with Crippen LogP contribution in [-0.2, 0) is 22.6 Å². The van der Waals surface area contributed by atoms with Gasteiger partial charge < -0.3 is 24.3 Å². The maximum atomic E-state index is 12.8. The first-order valence-electron chi connectivity index (χ1n) is 14.9. The van der Waals surface area contributed by atoms with Gasteiger partial charge in [-0.05, 0) is 47.5 Å². The normalized spacial score (nSPS) is 10.7. The number of halogens is 2. The van der Waals surface area contributed by atoms with Crippen molar-refractivity contribution in [1.29, 1.82) is 0 Å². The number of carbonyl (C=O) groups excluding carboxylic acids is 2. The fourth-order valence-electron chi connectivity index (χ4n) is 5.20. The van der Waals surface area contributed by atoms with Crippen LogP contribution in [-0.4, -0.2) is 45.7 Å². The van der Waals surface area contributed by atoms with Gasteiger partial charge in [0, 0.05) is 45.2 Å². The Balaban J connectivity index is 0.000000195. The van der Waals surface area contributed by atoms with Crippen LogP contribution in [0, 0.1) is 0 Å². The Morgan fingerprint density at radius 1 is 0.694 bits per heavy atom. The van der Waals surface area contributed by atoms with E-state index in [4.69, 9.17) is 0 Å². The number of amides is 1. The summed E-state index contributed by atoms with van der Waals surface area (Å²) in [7, 11) is 1.23. The Hall–Kier alpha value is -5.33. The SMILES string of the molecule is COC(=O)CNC(=O)c1cn(Cc2ccccc2)c2ccc(Br)cc2c1=O.O=C(O)c1cn(Cc2ccccc2)c2ccc(Br)cc2c1=O. The number of ether oxygens (including phenoxy) is 1. The largest absolute Gasteiger partial charge is 0.477 e. The molecule has 0 saturated heterocycles. The highest BCUT2D eigenvalue weighted by molar-refractivity contribution is 9.10. The number of benzene rings is 4. The number of methoxy groups -OCH3 is 1. The molecule has 0 spiro atoms. The lowest BCUT2D eigenvalue weighted by molar-refractivity contribution is -0.139. The number of carboxylic acid groups (broad SMARTS) is 1. The van der Waals surface area contributed by atoms with Crippen LogP contribution in [0.25, 0.3) is 21.8 Å². The Bertz CT molecular complexity index is 2300. The van der Waals surface area contributed by atoms with Gasteiger partial charge in [-0.3, -0.25) is 19.2 Å². The van der Waals surface area contributed by atoms with Crippen molar-refractivity contribution < 1.29 is 24.2 Å². The van der Waals surface area contributed by atoms with Crippen molar-refractivity contribution in [2.24, 2.45) is 0 Å². The lowest BCUT2D eigenvalue weighted by Gasteiger charge is -2.14. The van der Waals surface area contributed by atoms with Gasteiger partial charge >= 0.3 is 11.9 Å². The number of pyridine rings is 2. The van der Waals surface area contributed by atoms with Crippen LogP contribution in [0.4, 0.5) is 0 Å².